The molecule has 0 bridgehead atoms. The maximum absolute atomic E-state index is 2.49. The van der Waals surface area contributed by atoms with Crippen molar-refractivity contribution in [3.63, 3.8) is 0 Å². The molecule has 1 heteroatoms. The van der Waals surface area contributed by atoms with Crippen LogP contribution in [0.4, 0.5) is 0 Å². The summed E-state index contributed by atoms with van der Waals surface area (Å²) in [5, 5.41) is 0. The monoisotopic (exact) mass is 148 g/mol. The first-order valence-electron chi connectivity index (χ1n) is 4.12. The van der Waals surface area contributed by atoms with Crippen LogP contribution in [0.1, 0.15) is 26.7 Å². The van der Waals surface area contributed by atoms with E-state index in [0.717, 1.165) is 0 Å². The van der Waals surface area contributed by atoms with Gasteiger partial charge in [-0.3, -0.25) is 0 Å². The second-order valence-corrected chi connectivity index (χ2v) is 9.16. The molecule has 0 saturated carbocycles. The van der Waals surface area contributed by atoms with Crippen molar-refractivity contribution >= 4 is 7.26 Å². The zero-order valence-electron chi connectivity index (χ0n) is 7.33. The van der Waals surface area contributed by atoms with E-state index >= 15 is 0 Å². The van der Waals surface area contributed by atoms with Gasteiger partial charge >= 0.3 is 59.6 Å². The van der Waals surface area contributed by atoms with Crippen LogP contribution >= 0.6 is 7.26 Å². The Morgan fingerprint density at radius 1 is 1.11 bits per heavy atom. The quantitative estimate of drug-likeness (QED) is 0.538. The van der Waals surface area contributed by atoms with E-state index < -0.39 is 7.26 Å². The van der Waals surface area contributed by atoms with E-state index in [4.69, 9.17) is 0 Å². The SMILES string of the molecule is CCCC[PH](C)(C)CC. The third kappa shape index (κ3) is 4.90. The summed E-state index contributed by atoms with van der Waals surface area (Å²) < 4.78 is 0. The van der Waals surface area contributed by atoms with Gasteiger partial charge < -0.3 is 0 Å². The molecule has 0 aromatic heterocycles. The van der Waals surface area contributed by atoms with Gasteiger partial charge in [-0.25, -0.2) is 0 Å². The van der Waals surface area contributed by atoms with Gasteiger partial charge in [-0.2, -0.15) is 0 Å². The van der Waals surface area contributed by atoms with Gasteiger partial charge in [-0.15, -0.1) is 0 Å². The van der Waals surface area contributed by atoms with Crippen LogP contribution in [0.3, 0.4) is 0 Å². The predicted octanol–water partition coefficient (Wildman–Crippen LogP) is 2.82. The summed E-state index contributed by atoms with van der Waals surface area (Å²) in [4.78, 5) is 0. The molecule has 58 valence electrons. The van der Waals surface area contributed by atoms with Crippen LogP contribution in [0.25, 0.3) is 0 Å². The molecule has 0 aliphatic rings. The summed E-state index contributed by atoms with van der Waals surface area (Å²) in [5.74, 6) is 0. The van der Waals surface area contributed by atoms with E-state index in [2.05, 4.69) is 27.2 Å². The van der Waals surface area contributed by atoms with E-state index in [0.29, 0.717) is 0 Å². The molecule has 0 aromatic carbocycles. The number of rotatable bonds is 4. The van der Waals surface area contributed by atoms with E-state index in [9.17, 15) is 0 Å². The van der Waals surface area contributed by atoms with E-state index in [-0.39, 0.29) is 0 Å². The van der Waals surface area contributed by atoms with Gasteiger partial charge in [-0.05, 0) is 0 Å². The van der Waals surface area contributed by atoms with Crippen molar-refractivity contribution in [2.75, 3.05) is 25.7 Å². The van der Waals surface area contributed by atoms with Crippen molar-refractivity contribution in [1.82, 2.24) is 0 Å². The van der Waals surface area contributed by atoms with Gasteiger partial charge in [0, 0.05) is 0 Å². The molecule has 0 heterocycles. The molecule has 0 N–H and O–H groups in total. The minimum atomic E-state index is -0.698. The molecule has 0 amide bonds. The van der Waals surface area contributed by atoms with E-state index in [1.54, 1.807) is 0 Å². The Labute approximate surface area is 60.4 Å². The Morgan fingerprint density at radius 3 is 2.00 bits per heavy atom. The summed E-state index contributed by atoms with van der Waals surface area (Å²) >= 11 is 0. The Morgan fingerprint density at radius 2 is 1.67 bits per heavy atom. The molecule has 0 saturated heterocycles. The van der Waals surface area contributed by atoms with E-state index in [1.807, 2.05) is 0 Å². The van der Waals surface area contributed by atoms with Crippen molar-refractivity contribution in [2.45, 2.75) is 26.7 Å². The molecular weight excluding hydrogens is 127 g/mol. The van der Waals surface area contributed by atoms with Crippen molar-refractivity contribution in [1.29, 1.82) is 0 Å². The number of hydrogen-bond donors (Lipinski definition) is 0. The second kappa shape index (κ2) is 4.28. The third-order valence-electron chi connectivity index (χ3n) is 2.16. The van der Waals surface area contributed by atoms with Crippen molar-refractivity contribution in [3.05, 3.63) is 0 Å². The average Bonchev–Trinajstić information content (AvgIpc) is 1.84. The third-order valence-corrected chi connectivity index (χ3v) is 5.79. The first-order chi connectivity index (χ1) is 4.12. The fraction of sp³-hybridized carbons (Fsp3) is 1.00. The molecule has 0 unspecified atom stereocenters. The first kappa shape index (κ1) is 9.43. The normalized spacial score (nSPS) is 13.8. The summed E-state index contributed by atoms with van der Waals surface area (Å²) in [6.45, 7) is 9.59. The molecule has 0 rings (SSSR count). The predicted molar refractivity (Wildman–Crippen MR) is 50.5 cm³/mol. The van der Waals surface area contributed by atoms with Crippen LogP contribution in [0.2, 0.25) is 0 Å². The fourth-order valence-corrected chi connectivity index (χ4v) is 2.50. The Hall–Kier alpha value is 0.430. The van der Waals surface area contributed by atoms with Gasteiger partial charge in [0.2, 0.25) is 0 Å². The zero-order valence-corrected chi connectivity index (χ0v) is 8.33. The van der Waals surface area contributed by atoms with E-state index in [1.165, 1.54) is 25.2 Å². The molecule has 0 fully saturated rings. The first-order valence-corrected chi connectivity index (χ1v) is 7.54. The molecule has 0 aliphatic carbocycles. The topological polar surface area (TPSA) is 0 Å². The molecular formula is C8H21P. The summed E-state index contributed by atoms with van der Waals surface area (Å²) in [7, 11) is -0.698. The molecule has 0 radical (unpaired) electrons. The Balaban J connectivity index is 3.33. The molecule has 0 spiro atoms. The van der Waals surface area contributed by atoms with Gasteiger partial charge in [0.15, 0.2) is 0 Å². The molecule has 9 heavy (non-hydrogen) atoms. The molecule has 0 atom stereocenters. The average molecular weight is 148 g/mol. The maximum atomic E-state index is 2.49. The van der Waals surface area contributed by atoms with Gasteiger partial charge in [0.1, 0.15) is 0 Å². The standard InChI is InChI=1S/C8H21P/c1-5-7-8-9(3,4)6-2/h9H,5-8H2,1-4H3. The summed E-state index contributed by atoms with van der Waals surface area (Å²) in [5.41, 5.74) is 0. The number of unbranched alkanes of at least 4 members (excludes halogenated alkanes) is 1. The number of hydrogen-bond acceptors (Lipinski definition) is 0. The van der Waals surface area contributed by atoms with Crippen LogP contribution in [0.15, 0.2) is 0 Å². The molecule has 0 aliphatic heterocycles. The Bertz CT molecular complexity index is 67.0. The summed E-state index contributed by atoms with van der Waals surface area (Å²) in [6, 6.07) is 0. The molecule has 0 nitrogen and oxygen atoms in total. The molecule has 0 aromatic rings. The zero-order chi connectivity index (χ0) is 7.33. The van der Waals surface area contributed by atoms with Crippen molar-refractivity contribution in [2.24, 2.45) is 0 Å². The Kier molecular flexibility index (Phi) is 4.48. The van der Waals surface area contributed by atoms with Gasteiger partial charge in [0.05, 0.1) is 0 Å². The van der Waals surface area contributed by atoms with Crippen LogP contribution in [-0.2, 0) is 0 Å². The van der Waals surface area contributed by atoms with Gasteiger partial charge in [-0.1, -0.05) is 0 Å². The van der Waals surface area contributed by atoms with Crippen molar-refractivity contribution in [3.8, 4) is 0 Å². The van der Waals surface area contributed by atoms with Gasteiger partial charge in [0.25, 0.3) is 0 Å². The second-order valence-electron chi connectivity index (χ2n) is 3.62. The summed E-state index contributed by atoms with van der Waals surface area (Å²) in [6.07, 6.45) is 5.80. The fourth-order valence-electron chi connectivity index (χ4n) is 0.832. The van der Waals surface area contributed by atoms with Crippen LogP contribution in [0.5, 0.6) is 0 Å². The van der Waals surface area contributed by atoms with Crippen LogP contribution in [-0.4, -0.2) is 25.7 Å². The van der Waals surface area contributed by atoms with Crippen LogP contribution in [0, 0.1) is 0 Å². The van der Waals surface area contributed by atoms with Crippen molar-refractivity contribution < 1.29 is 0 Å². The minimum absolute atomic E-state index is 0.698. The van der Waals surface area contributed by atoms with Crippen LogP contribution < -0.4 is 0 Å².